The molecule has 4 heteroatoms. The Balaban J connectivity index is 2.75. The van der Waals surface area contributed by atoms with Crippen molar-refractivity contribution in [1.82, 2.24) is 5.32 Å². The van der Waals surface area contributed by atoms with Gasteiger partial charge in [-0.05, 0) is 11.6 Å². The fraction of sp³-hybridized carbons (Fsp3) is 0.250. The number of alkyl halides is 1. The first-order valence-corrected chi connectivity index (χ1v) is 6.25. The monoisotopic (exact) mass is 329 g/mol. The first-order chi connectivity index (χ1) is 7.77. The maximum atomic E-state index is 10.9. The van der Waals surface area contributed by atoms with E-state index in [4.69, 9.17) is 0 Å². The predicted molar refractivity (Wildman–Crippen MR) is 71.5 cm³/mol. The largest absolute Gasteiger partial charge is 0.453 e. The minimum absolute atomic E-state index is 0.429. The first kappa shape index (κ1) is 12.8. The van der Waals surface area contributed by atoms with E-state index in [1.165, 1.54) is 7.11 Å². The van der Waals surface area contributed by atoms with E-state index >= 15 is 0 Å². The van der Waals surface area contributed by atoms with Crippen molar-refractivity contribution < 1.29 is 9.53 Å². The van der Waals surface area contributed by atoms with Crippen molar-refractivity contribution >= 4 is 28.7 Å². The number of carbonyl (C=O) groups is 1. The fourth-order valence-corrected chi connectivity index (χ4v) is 1.36. The third kappa shape index (κ3) is 4.11. The Morgan fingerprint density at radius 1 is 1.50 bits per heavy atom. The number of halogens is 1. The molecule has 0 radical (unpaired) electrons. The molecule has 0 fully saturated rings. The lowest BCUT2D eigenvalue weighted by Crippen LogP contribution is -2.22. The molecule has 16 heavy (non-hydrogen) atoms. The molecule has 0 aliphatic carbocycles. The highest BCUT2D eigenvalue weighted by molar-refractivity contribution is 14.1. The maximum absolute atomic E-state index is 10.9. The van der Waals surface area contributed by atoms with Crippen LogP contribution in [0.5, 0.6) is 0 Å². The van der Waals surface area contributed by atoms with E-state index in [9.17, 15) is 4.79 Å². The molecule has 1 amide bonds. The number of ether oxygens (including phenoxy) is 1. The zero-order chi connectivity index (χ0) is 11.8. The summed E-state index contributed by atoms with van der Waals surface area (Å²) in [5.74, 6) is 6.05. The number of amides is 1. The summed E-state index contributed by atoms with van der Waals surface area (Å²) in [6.07, 6.45) is -0.434. The third-order valence-electron chi connectivity index (χ3n) is 1.92. The predicted octanol–water partition coefficient (Wildman–Crippen LogP) is 2.33. The Kier molecular flexibility index (Phi) is 5.72. The van der Waals surface area contributed by atoms with Gasteiger partial charge in [0.15, 0.2) is 0 Å². The second kappa shape index (κ2) is 7.12. The highest BCUT2D eigenvalue weighted by atomic mass is 127. The highest BCUT2D eigenvalue weighted by Gasteiger charge is 2.01. The molecule has 0 atom stereocenters. The zero-order valence-electron chi connectivity index (χ0n) is 8.92. The van der Waals surface area contributed by atoms with Crippen LogP contribution in [0, 0.1) is 11.8 Å². The van der Waals surface area contributed by atoms with Crippen molar-refractivity contribution in [2.24, 2.45) is 0 Å². The minimum atomic E-state index is -0.434. The van der Waals surface area contributed by atoms with E-state index in [-0.39, 0.29) is 0 Å². The van der Waals surface area contributed by atoms with Crippen LogP contribution in [-0.4, -0.2) is 17.6 Å². The number of methoxy groups -OCH3 is 1. The summed E-state index contributed by atoms with van der Waals surface area (Å²) >= 11 is 2.20. The van der Waals surface area contributed by atoms with Crippen LogP contribution in [0.3, 0.4) is 0 Å². The van der Waals surface area contributed by atoms with Crippen LogP contribution in [0.1, 0.15) is 11.1 Å². The standard InChI is InChI=1S/C12H12INO2/c1-16-12(15)14-9-11-6-3-2-5-10(11)7-4-8-13/h2-3,5-6H,8-9H2,1H3,(H,14,15). The van der Waals surface area contributed by atoms with Crippen LogP contribution in [0.25, 0.3) is 0 Å². The van der Waals surface area contributed by atoms with Crippen molar-refractivity contribution in [3.63, 3.8) is 0 Å². The second-order valence-electron chi connectivity index (χ2n) is 2.94. The summed E-state index contributed by atoms with van der Waals surface area (Å²) in [7, 11) is 1.34. The van der Waals surface area contributed by atoms with Crippen molar-refractivity contribution in [2.75, 3.05) is 11.5 Å². The average Bonchev–Trinajstić information content (AvgIpc) is 2.34. The van der Waals surface area contributed by atoms with E-state index in [1.807, 2.05) is 24.3 Å². The van der Waals surface area contributed by atoms with Gasteiger partial charge in [0.25, 0.3) is 0 Å². The second-order valence-corrected chi connectivity index (χ2v) is 3.70. The number of nitrogens with one attached hydrogen (secondary N) is 1. The van der Waals surface area contributed by atoms with Gasteiger partial charge in [0, 0.05) is 12.1 Å². The first-order valence-electron chi connectivity index (χ1n) is 4.72. The van der Waals surface area contributed by atoms with Gasteiger partial charge in [0.1, 0.15) is 0 Å². The Hall–Kier alpha value is -1.22. The number of rotatable bonds is 2. The van der Waals surface area contributed by atoms with Gasteiger partial charge in [-0.3, -0.25) is 0 Å². The van der Waals surface area contributed by atoms with Crippen LogP contribution in [0.15, 0.2) is 24.3 Å². The molecule has 1 N–H and O–H groups in total. The van der Waals surface area contributed by atoms with Crippen LogP contribution < -0.4 is 5.32 Å². The molecule has 0 aromatic heterocycles. The highest BCUT2D eigenvalue weighted by Crippen LogP contribution is 2.06. The van der Waals surface area contributed by atoms with Gasteiger partial charge in [0.05, 0.1) is 11.5 Å². The fourth-order valence-electron chi connectivity index (χ4n) is 1.16. The molecule has 1 aromatic carbocycles. The van der Waals surface area contributed by atoms with Gasteiger partial charge in [-0.15, -0.1) is 0 Å². The van der Waals surface area contributed by atoms with E-state index < -0.39 is 6.09 Å². The molecule has 0 aliphatic rings. The summed E-state index contributed by atoms with van der Waals surface area (Å²) in [4.78, 5) is 10.9. The van der Waals surface area contributed by atoms with Crippen molar-refractivity contribution in [3.8, 4) is 11.8 Å². The van der Waals surface area contributed by atoms with Crippen LogP contribution in [-0.2, 0) is 11.3 Å². The molecule has 0 saturated carbocycles. The molecule has 84 valence electrons. The van der Waals surface area contributed by atoms with Crippen molar-refractivity contribution in [1.29, 1.82) is 0 Å². The van der Waals surface area contributed by atoms with Gasteiger partial charge >= 0.3 is 6.09 Å². The molecule has 0 unspecified atom stereocenters. The summed E-state index contributed by atoms with van der Waals surface area (Å²) in [6, 6.07) is 7.73. The quantitative estimate of drug-likeness (QED) is 0.514. The Labute approximate surface area is 109 Å². The minimum Gasteiger partial charge on any atom is -0.453 e. The van der Waals surface area contributed by atoms with Gasteiger partial charge in [0.2, 0.25) is 0 Å². The van der Waals surface area contributed by atoms with Gasteiger partial charge < -0.3 is 10.1 Å². The molecule has 0 bridgehead atoms. The van der Waals surface area contributed by atoms with Crippen LogP contribution in [0.4, 0.5) is 4.79 Å². The normalized spacial score (nSPS) is 8.88. The molecular weight excluding hydrogens is 317 g/mol. The average molecular weight is 329 g/mol. The summed E-state index contributed by atoms with van der Waals surface area (Å²) in [5, 5.41) is 2.63. The van der Waals surface area contributed by atoms with Gasteiger partial charge in [-0.25, -0.2) is 4.79 Å². The summed E-state index contributed by atoms with van der Waals surface area (Å²) in [5.41, 5.74) is 1.93. The van der Waals surface area contributed by atoms with E-state index in [0.29, 0.717) is 6.54 Å². The molecule has 1 rings (SSSR count). The van der Waals surface area contributed by atoms with E-state index in [1.54, 1.807) is 0 Å². The molecule has 1 aromatic rings. The van der Waals surface area contributed by atoms with Crippen LogP contribution in [0.2, 0.25) is 0 Å². The Morgan fingerprint density at radius 2 is 2.25 bits per heavy atom. The van der Waals surface area contributed by atoms with Gasteiger partial charge in [-0.1, -0.05) is 52.6 Å². The van der Waals surface area contributed by atoms with E-state index in [0.717, 1.165) is 15.6 Å². The van der Waals surface area contributed by atoms with Crippen molar-refractivity contribution in [3.05, 3.63) is 35.4 Å². The summed E-state index contributed by atoms with van der Waals surface area (Å²) in [6.45, 7) is 0.429. The topological polar surface area (TPSA) is 38.3 Å². The number of benzene rings is 1. The lowest BCUT2D eigenvalue weighted by Gasteiger charge is -2.05. The SMILES string of the molecule is COC(=O)NCc1ccccc1C#CCI. The van der Waals surface area contributed by atoms with Crippen LogP contribution >= 0.6 is 22.6 Å². The molecule has 0 aliphatic heterocycles. The lowest BCUT2D eigenvalue weighted by atomic mass is 10.1. The molecule has 0 spiro atoms. The molecule has 3 nitrogen and oxygen atoms in total. The van der Waals surface area contributed by atoms with Crippen molar-refractivity contribution in [2.45, 2.75) is 6.54 Å². The van der Waals surface area contributed by atoms with E-state index in [2.05, 4.69) is 44.5 Å². The third-order valence-corrected chi connectivity index (χ3v) is 2.30. The molecular formula is C12H12INO2. The Bertz CT molecular complexity index is 421. The smallest absolute Gasteiger partial charge is 0.407 e. The number of carbonyl (C=O) groups excluding carboxylic acids is 1. The molecule has 0 saturated heterocycles. The van der Waals surface area contributed by atoms with Gasteiger partial charge in [-0.2, -0.15) is 0 Å². The zero-order valence-corrected chi connectivity index (χ0v) is 11.1. The molecule has 0 heterocycles. The maximum Gasteiger partial charge on any atom is 0.407 e. The Morgan fingerprint density at radius 3 is 2.94 bits per heavy atom. The lowest BCUT2D eigenvalue weighted by molar-refractivity contribution is 0.170. The summed E-state index contributed by atoms with van der Waals surface area (Å²) < 4.78 is 5.29. The number of hydrogen-bond acceptors (Lipinski definition) is 2. The number of hydrogen-bond donors (Lipinski definition) is 1. The number of alkyl carbamates (subject to hydrolysis) is 1.